The fraction of sp³-hybridized carbons (Fsp3) is 0.981. The van der Waals surface area contributed by atoms with Crippen LogP contribution in [-0.4, -0.2) is 128 Å². The third-order valence-corrected chi connectivity index (χ3v) is 14.3. The predicted molar refractivity (Wildman–Crippen MR) is 266 cm³/mol. The van der Waals surface area contributed by atoms with Gasteiger partial charge in [0.1, 0.15) is 42.7 Å². The molecule has 0 aliphatic carbocycles. The molecule has 13 heteroatoms. The van der Waals surface area contributed by atoms with Crippen molar-refractivity contribution in [2.24, 2.45) is 0 Å². The third kappa shape index (κ3) is 28.6. The van der Waals surface area contributed by atoms with Crippen molar-refractivity contribution in [1.82, 2.24) is 5.32 Å². The van der Waals surface area contributed by atoms with Crippen molar-refractivity contribution in [2.75, 3.05) is 13.2 Å². The minimum absolute atomic E-state index is 0.185. The zero-order chi connectivity index (χ0) is 48.9. The first-order chi connectivity index (χ1) is 32.5. The van der Waals surface area contributed by atoms with Gasteiger partial charge in [-0.3, -0.25) is 4.79 Å². The highest BCUT2D eigenvalue weighted by molar-refractivity contribution is 5.76. The van der Waals surface area contributed by atoms with Gasteiger partial charge in [0.15, 0.2) is 12.6 Å². The Balaban J connectivity index is 1.73. The molecule has 0 saturated carbocycles. The average Bonchev–Trinajstić information content (AvgIpc) is 3.32. The molecule has 0 bridgehead atoms. The Morgan fingerprint density at radius 1 is 0.463 bits per heavy atom. The summed E-state index contributed by atoms with van der Waals surface area (Å²) >= 11 is 0. The molecule has 0 aromatic rings. The molecule has 12 atom stereocenters. The maximum absolute atomic E-state index is 13.2. The van der Waals surface area contributed by atoms with Crippen molar-refractivity contribution >= 4 is 5.91 Å². The molecule has 0 unspecified atom stereocenters. The normalized spacial score (nSPS) is 26.5. The highest BCUT2D eigenvalue weighted by Crippen LogP contribution is 2.27. The van der Waals surface area contributed by atoms with Gasteiger partial charge in [-0.2, -0.15) is 0 Å². The lowest BCUT2D eigenvalue weighted by atomic mass is 9.98. The standard InChI is InChI=1S/C54H105NO12/c1-4-6-8-10-12-14-16-18-19-20-21-22-23-24-25-27-29-31-33-35-37-39-46(57)55-43(44(56)38-36-34-32-30-28-26-17-15-13-11-9-7-5-2)40-64-54-52(63)50(61)48(59)45(67-54)41-65-53-51(62)49(60)47(58)42(3)66-53/h42-45,47-54,56,58-63H,4-41H2,1-3H3,(H,55,57)/t42-,43-,44+,45+,47+,48-,49+,50-,51-,52+,53-,54-/m0/s1. The molecule has 2 heterocycles. The lowest BCUT2D eigenvalue weighted by Crippen LogP contribution is -2.61. The van der Waals surface area contributed by atoms with E-state index in [-0.39, 0.29) is 12.5 Å². The summed E-state index contributed by atoms with van der Waals surface area (Å²) in [4.78, 5) is 13.2. The fourth-order valence-electron chi connectivity index (χ4n) is 9.55. The molecule has 67 heavy (non-hydrogen) atoms. The molecule has 8 N–H and O–H groups in total. The van der Waals surface area contributed by atoms with Crippen LogP contribution in [0.5, 0.6) is 0 Å². The highest BCUT2D eigenvalue weighted by atomic mass is 16.7. The SMILES string of the molecule is CCCCCCCCCCCCCCCCCCCCCCCC(=O)N[C@@H](CO[C@H]1O[C@H](CO[C@H]2O[C@@H](C)[C@@H](O)[C@@H](O)[C@@H]2O)[C@H](O)[C@H](O)[C@H]1O)[C@H](O)CCCCCCCCCCCCCCC. The van der Waals surface area contributed by atoms with Crippen molar-refractivity contribution in [2.45, 2.75) is 325 Å². The van der Waals surface area contributed by atoms with E-state index in [9.17, 15) is 40.5 Å². The smallest absolute Gasteiger partial charge is 0.220 e. The summed E-state index contributed by atoms with van der Waals surface area (Å²) in [7, 11) is 0. The minimum atomic E-state index is -1.68. The highest BCUT2D eigenvalue weighted by Gasteiger charge is 2.47. The second kappa shape index (κ2) is 40.6. The lowest BCUT2D eigenvalue weighted by Gasteiger charge is -2.42. The third-order valence-electron chi connectivity index (χ3n) is 14.3. The summed E-state index contributed by atoms with van der Waals surface area (Å²) in [5.74, 6) is -0.185. The summed E-state index contributed by atoms with van der Waals surface area (Å²) in [5, 5.41) is 77.1. The van der Waals surface area contributed by atoms with E-state index in [2.05, 4.69) is 19.2 Å². The monoisotopic (exact) mass is 960 g/mol. The Kier molecular flexibility index (Phi) is 37.7. The topological polar surface area (TPSA) is 208 Å². The number of amides is 1. The van der Waals surface area contributed by atoms with Gasteiger partial charge in [-0.15, -0.1) is 0 Å². The van der Waals surface area contributed by atoms with Crippen molar-refractivity contribution in [3.05, 3.63) is 0 Å². The molecular weight excluding hydrogens is 855 g/mol. The van der Waals surface area contributed by atoms with Crippen molar-refractivity contribution in [3.8, 4) is 0 Å². The Hall–Kier alpha value is -0.970. The summed E-state index contributed by atoms with van der Waals surface area (Å²) in [6.07, 6.45) is 28.6. The molecule has 2 fully saturated rings. The summed E-state index contributed by atoms with van der Waals surface area (Å²) in [5.41, 5.74) is 0. The van der Waals surface area contributed by atoms with Crippen LogP contribution in [0.1, 0.15) is 252 Å². The van der Waals surface area contributed by atoms with Crippen LogP contribution >= 0.6 is 0 Å². The van der Waals surface area contributed by atoms with E-state index in [0.29, 0.717) is 12.8 Å². The zero-order valence-corrected chi connectivity index (χ0v) is 43.0. The van der Waals surface area contributed by atoms with Crippen LogP contribution in [0, 0.1) is 0 Å². The van der Waals surface area contributed by atoms with Crippen molar-refractivity contribution in [3.63, 3.8) is 0 Å². The molecule has 2 rings (SSSR count). The van der Waals surface area contributed by atoms with Gasteiger partial charge < -0.3 is 60.0 Å². The Morgan fingerprint density at radius 2 is 0.821 bits per heavy atom. The molecule has 0 spiro atoms. The predicted octanol–water partition coefficient (Wildman–Crippen LogP) is 9.58. The van der Waals surface area contributed by atoms with E-state index in [1.807, 2.05) is 0 Å². The molecule has 13 nitrogen and oxygen atoms in total. The first kappa shape index (κ1) is 62.1. The van der Waals surface area contributed by atoms with Crippen molar-refractivity contribution < 1.29 is 59.5 Å². The van der Waals surface area contributed by atoms with Crippen LogP contribution in [0.15, 0.2) is 0 Å². The first-order valence-corrected chi connectivity index (χ1v) is 28.1. The molecule has 2 aliphatic heterocycles. The fourth-order valence-corrected chi connectivity index (χ4v) is 9.55. The van der Waals surface area contributed by atoms with Gasteiger partial charge in [-0.1, -0.05) is 226 Å². The number of unbranched alkanes of at least 4 members (excludes halogenated alkanes) is 32. The average molecular weight is 960 g/mol. The van der Waals surface area contributed by atoms with Gasteiger partial charge in [0.25, 0.3) is 0 Å². The van der Waals surface area contributed by atoms with Gasteiger partial charge in [-0.05, 0) is 19.8 Å². The van der Waals surface area contributed by atoms with Crippen LogP contribution < -0.4 is 5.32 Å². The molecule has 2 saturated heterocycles. The summed E-state index contributed by atoms with van der Waals surface area (Å²) < 4.78 is 22.8. The largest absolute Gasteiger partial charge is 0.391 e. The van der Waals surface area contributed by atoms with Gasteiger partial charge in [0, 0.05) is 6.42 Å². The number of aliphatic hydroxyl groups excluding tert-OH is 7. The van der Waals surface area contributed by atoms with Crippen LogP contribution in [0.25, 0.3) is 0 Å². The second-order valence-electron chi connectivity index (χ2n) is 20.5. The van der Waals surface area contributed by atoms with E-state index in [1.165, 1.54) is 180 Å². The van der Waals surface area contributed by atoms with Gasteiger partial charge in [0.2, 0.25) is 5.91 Å². The Bertz CT molecular complexity index is 1140. The number of nitrogens with one attached hydrogen (secondary N) is 1. The number of carbonyl (C=O) groups excluding carboxylic acids is 1. The number of rotatable bonds is 44. The quantitative estimate of drug-likeness (QED) is 0.0269. The molecule has 2 aliphatic rings. The number of ether oxygens (including phenoxy) is 4. The number of carbonyl (C=O) groups is 1. The first-order valence-electron chi connectivity index (χ1n) is 28.1. The van der Waals surface area contributed by atoms with E-state index in [0.717, 1.165) is 44.9 Å². The summed E-state index contributed by atoms with van der Waals surface area (Å²) in [6, 6.07) is -0.797. The van der Waals surface area contributed by atoms with E-state index < -0.39 is 80.2 Å². The lowest BCUT2D eigenvalue weighted by molar-refractivity contribution is -0.328. The summed E-state index contributed by atoms with van der Waals surface area (Å²) in [6.45, 7) is 5.41. The van der Waals surface area contributed by atoms with E-state index >= 15 is 0 Å². The van der Waals surface area contributed by atoms with Crippen LogP contribution in [0.3, 0.4) is 0 Å². The Labute approximate surface area is 408 Å². The second-order valence-corrected chi connectivity index (χ2v) is 20.5. The molecule has 0 radical (unpaired) electrons. The molecule has 0 aromatic heterocycles. The minimum Gasteiger partial charge on any atom is -0.391 e. The van der Waals surface area contributed by atoms with Gasteiger partial charge in [-0.25, -0.2) is 0 Å². The van der Waals surface area contributed by atoms with Gasteiger partial charge in [0.05, 0.1) is 31.5 Å². The van der Waals surface area contributed by atoms with Crippen LogP contribution in [0.2, 0.25) is 0 Å². The van der Waals surface area contributed by atoms with Crippen molar-refractivity contribution in [1.29, 1.82) is 0 Å². The van der Waals surface area contributed by atoms with Gasteiger partial charge >= 0.3 is 0 Å². The molecule has 0 aromatic carbocycles. The maximum atomic E-state index is 13.2. The Morgan fingerprint density at radius 3 is 1.24 bits per heavy atom. The number of hydrogen-bond acceptors (Lipinski definition) is 12. The van der Waals surface area contributed by atoms with E-state index in [4.69, 9.17) is 18.9 Å². The molecular formula is C54H105NO12. The zero-order valence-electron chi connectivity index (χ0n) is 43.0. The maximum Gasteiger partial charge on any atom is 0.220 e. The number of aliphatic hydroxyl groups is 7. The molecule has 1 amide bonds. The van der Waals surface area contributed by atoms with Crippen LogP contribution in [0.4, 0.5) is 0 Å². The molecule has 398 valence electrons. The van der Waals surface area contributed by atoms with E-state index in [1.54, 1.807) is 0 Å². The number of hydrogen-bond donors (Lipinski definition) is 8. The van der Waals surface area contributed by atoms with Crippen LogP contribution in [-0.2, 0) is 23.7 Å².